The minimum atomic E-state index is -3.55. The quantitative estimate of drug-likeness (QED) is 0.0797. The highest BCUT2D eigenvalue weighted by Crippen LogP contribution is 2.39. The summed E-state index contributed by atoms with van der Waals surface area (Å²) in [6.07, 6.45) is 4.08. The van der Waals surface area contributed by atoms with E-state index >= 15 is 0 Å². The molecular weight excluding hydrogens is 606 g/mol. The van der Waals surface area contributed by atoms with Crippen LogP contribution in [-0.2, 0) is 9.59 Å². The molecule has 3 amide bonds. The van der Waals surface area contributed by atoms with Gasteiger partial charge < -0.3 is 52.2 Å². The molecule has 1 aliphatic carbocycles. The molecule has 11 N–H and O–H groups in total. The van der Waals surface area contributed by atoms with Crippen molar-refractivity contribution in [3.63, 3.8) is 0 Å². The number of rotatable bonds is 13. The van der Waals surface area contributed by atoms with Crippen LogP contribution >= 0.6 is 11.3 Å². The smallest absolute Gasteiger partial charge is 0.369 e. The topological polar surface area (TPSA) is 246 Å². The molecule has 2 aromatic rings. The van der Waals surface area contributed by atoms with Crippen LogP contribution in [0, 0.1) is 11.8 Å². The van der Waals surface area contributed by atoms with Gasteiger partial charge >= 0.3 is 6.10 Å². The van der Waals surface area contributed by atoms with Crippen molar-refractivity contribution in [2.45, 2.75) is 44.6 Å². The molecule has 1 saturated carbocycles. The van der Waals surface area contributed by atoms with E-state index in [1.54, 1.807) is 18.2 Å². The number of aromatic nitrogens is 1. The minimum absolute atomic E-state index is 0.113. The molecule has 2 fully saturated rings. The van der Waals surface area contributed by atoms with E-state index < -0.39 is 17.7 Å². The average Bonchev–Trinajstić information content (AvgIpc) is 3.75. The number of piperidine rings is 1. The minimum Gasteiger partial charge on any atom is -0.494 e. The summed E-state index contributed by atoms with van der Waals surface area (Å²) < 4.78 is 5.68. The first kappa shape index (κ1) is 33.7. The van der Waals surface area contributed by atoms with Crippen LogP contribution in [0.3, 0.4) is 0 Å². The van der Waals surface area contributed by atoms with Crippen LogP contribution in [0.1, 0.15) is 48.2 Å². The number of anilines is 1. The summed E-state index contributed by atoms with van der Waals surface area (Å²) in [6.45, 7) is 1.44. The van der Waals surface area contributed by atoms with Crippen molar-refractivity contribution in [2.24, 2.45) is 23.3 Å². The summed E-state index contributed by atoms with van der Waals surface area (Å²) in [4.78, 5) is 44.8. The Kier molecular flexibility index (Phi) is 11.0. The Morgan fingerprint density at radius 1 is 1.16 bits per heavy atom. The molecule has 1 saturated heterocycles. The number of aliphatic hydroxyl groups is 4. The van der Waals surface area contributed by atoms with Crippen molar-refractivity contribution in [2.75, 3.05) is 32.1 Å². The molecule has 0 unspecified atom stereocenters. The molecule has 0 spiro atoms. The number of methoxy groups -OCH3 is 1. The second-order valence-electron chi connectivity index (χ2n) is 10.9. The Morgan fingerprint density at radius 2 is 1.87 bits per heavy atom. The van der Waals surface area contributed by atoms with Crippen LogP contribution in [-0.4, -0.2) is 80.9 Å². The molecule has 1 aromatic heterocycles. The number of allylic oxidation sites excluding steroid dienone is 1. The SMILES string of the molecule is COc1c(NC(/C=C(\N)NC(=O)C2CC2)=C(/N)C(=O)NC(O)(O)O)cccc1-c1ncc(C(=O)N2CCC(CCCO)CC2)s1. The van der Waals surface area contributed by atoms with Gasteiger partial charge in [-0.15, -0.1) is 11.3 Å². The van der Waals surface area contributed by atoms with Gasteiger partial charge in [-0.3, -0.25) is 19.7 Å². The number of likely N-dealkylation sites (tertiary alicyclic amines) is 1. The van der Waals surface area contributed by atoms with Crippen LogP contribution in [0.15, 0.2) is 47.7 Å². The molecule has 2 aliphatic rings. The van der Waals surface area contributed by atoms with Gasteiger partial charge in [0.15, 0.2) is 5.75 Å². The number of nitrogens with one attached hydrogen (secondary N) is 3. The van der Waals surface area contributed by atoms with Gasteiger partial charge in [-0.05, 0) is 56.6 Å². The third kappa shape index (κ3) is 9.15. The van der Waals surface area contributed by atoms with Crippen molar-refractivity contribution in [1.82, 2.24) is 20.5 Å². The number of nitrogens with two attached hydrogens (primary N) is 2. The van der Waals surface area contributed by atoms with E-state index in [1.807, 2.05) is 4.90 Å². The van der Waals surface area contributed by atoms with Gasteiger partial charge in [0.2, 0.25) is 5.91 Å². The normalized spacial score (nSPS) is 16.6. The Morgan fingerprint density at radius 3 is 2.49 bits per heavy atom. The molecule has 244 valence electrons. The Bertz CT molecular complexity index is 1460. The van der Waals surface area contributed by atoms with Crippen LogP contribution in [0.5, 0.6) is 5.75 Å². The lowest BCUT2D eigenvalue weighted by Gasteiger charge is -2.31. The van der Waals surface area contributed by atoms with Crippen molar-refractivity contribution in [1.29, 1.82) is 0 Å². The number of nitrogens with zero attached hydrogens (tertiary/aromatic N) is 2. The van der Waals surface area contributed by atoms with E-state index in [2.05, 4.69) is 15.6 Å². The van der Waals surface area contributed by atoms with Crippen LogP contribution in [0.2, 0.25) is 0 Å². The standard InChI is InChI=1S/C29H39N7O8S/c1-44-24-18(27-32-15-21(45-27)28(40)36-11-9-16(10-12-36)4-3-13-37)5-2-6-19(24)33-20(23(31)26(39)35-29(41,42)43)14-22(30)34-25(38)17-7-8-17/h2,5-6,14-17,33,37,41-43H,3-4,7-13,30-31H2,1H3,(H,34,38)(H,35,39)/b22-14+,23-20+. The second kappa shape index (κ2) is 14.7. The number of carbonyl (C=O) groups is 3. The van der Waals surface area contributed by atoms with E-state index in [4.69, 9.17) is 21.3 Å². The molecule has 1 aromatic carbocycles. The number of aliphatic hydroxyl groups excluding tert-OH is 1. The summed E-state index contributed by atoms with van der Waals surface area (Å²) in [5, 5.41) is 44.2. The number of ether oxygens (including phenoxy) is 1. The van der Waals surface area contributed by atoms with Crippen molar-refractivity contribution < 1.29 is 39.5 Å². The number of hydrogen-bond acceptors (Lipinski definition) is 13. The summed E-state index contributed by atoms with van der Waals surface area (Å²) in [5.74, 6) is -1.22. The van der Waals surface area contributed by atoms with Gasteiger partial charge in [0.05, 0.1) is 30.3 Å². The largest absolute Gasteiger partial charge is 0.494 e. The third-order valence-corrected chi connectivity index (χ3v) is 8.46. The molecule has 0 bridgehead atoms. The molecule has 4 rings (SSSR count). The second-order valence-corrected chi connectivity index (χ2v) is 12.0. The zero-order valence-electron chi connectivity index (χ0n) is 24.8. The Hall–Kier alpha value is -4.22. The van der Waals surface area contributed by atoms with Gasteiger partial charge in [-0.25, -0.2) is 4.98 Å². The predicted molar refractivity (Wildman–Crippen MR) is 165 cm³/mol. The number of para-hydroxylation sites is 1. The predicted octanol–water partition coefficient (Wildman–Crippen LogP) is 0.0563. The fourth-order valence-electron chi connectivity index (χ4n) is 4.93. The first-order valence-corrected chi connectivity index (χ1v) is 15.3. The summed E-state index contributed by atoms with van der Waals surface area (Å²) >= 11 is 1.20. The molecule has 45 heavy (non-hydrogen) atoms. The maximum atomic E-state index is 13.2. The summed E-state index contributed by atoms with van der Waals surface area (Å²) in [6, 6.07) is 5.02. The Balaban J connectivity index is 1.58. The molecule has 15 nitrogen and oxygen atoms in total. The lowest BCUT2D eigenvalue weighted by molar-refractivity contribution is -0.325. The molecule has 0 radical (unpaired) electrons. The lowest BCUT2D eigenvalue weighted by Crippen LogP contribution is -2.50. The van der Waals surface area contributed by atoms with Gasteiger partial charge in [-0.1, -0.05) is 6.07 Å². The highest BCUT2D eigenvalue weighted by Gasteiger charge is 2.30. The van der Waals surface area contributed by atoms with Crippen molar-refractivity contribution >= 4 is 34.7 Å². The van der Waals surface area contributed by atoms with E-state index in [1.165, 1.54) is 36.0 Å². The number of amides is 3. The van der Waals surface area contributed by atoms with E-state index in [-0.39, 0.29) is 47.3 Å². The fourth-order valence-corrected chi connectivity index (χ4v) is 5.84. The van der Waals surface area contributed by atoms with E-state index in [0.717, 1.165) is 38.5 Å². The number of hydrogen-bond donors (Lipinski definition) is 9. The van der Waals surface area contributed by atoms with Crippen LogP contribution in [0.4, 0.5) is 5.69 Å². The van der Waals surface area contributed by atoms with Gasteiger partial charge in [-0.2, -0.15) is 0 Å². The summed E-state index contributed by atoms with van der Waals surface area (Å²) in [7, 11) is 1.42. The van der Waals surface area contributed by atoms with Gasteiger partial charge in [0.25, 0.3) is 11.8 Å². The zero-order chi connectivity index (χ0) is 32.7. The van der Waals surface area contributed by atoms with E-state index in [9.17, 15) is 29.7 Å². The third-order valence-electron chi connectivity index (χ3n) is 7.44. The average molecular weight is 646 g/mol. The van der Waals surface area contributed by atoms with Gasteiger partial charge in [0.1, 0.15) is 21.4 Å². The molecular formula is C29H39N7O8S. The van der Waals surface area contributed by atoms with Gasteiger partial charge in [0, 0.05) is 31.7 Å². The van der Waals surface area contributed by atoms with Crippen molar-refractivity contribution in [3.05, 3.63) is 52.6 Å². The number of carbonyl (C=O) groups excluding carboxylic acids is 3. The van der Waals surface area contributed by atoms with E-state index in [0.29, 0.717) is 34.5 Å². The molecule has 0 atom stereocenters. The Labute approximate surface area is 263 Å². The highest BCUT2D eigenvalue weighted by molar-refractivity contribution is 7.17. The monoisotopic (exact) mass is 645 g/mol. The summed E-state index contributed by atoms with van der Waals surface area (Å²) in [5.41, 5.74) is 12.0. The molecule has 16 heteroatoms. The number of thiazole rings is 1. The first-order valence-electron chi connectivity index (χ1n) is 14.5. The van der Waals surface area contributed by atoms with Crippen molar-refractivity contribution in [3.8, 4) is 16.3 Å². The van der Waals surface area contributed by atoms with Crippen LogP contribution in [0.25, 0.3) is 10.6 Å². The molecule has 1 aliphatic heterocycles. The zero-order valence-corrected chi connectivity index (χ0v) is 25.6. The lowest BCUT2D eigenvalue weighted by atomic mass is 9.92. The first-order chi connectivity index (χ1) is 21.4. The maximum Gasteiger partial charge on any atom is 0.369 e. The fraction of sp³-hybridized carbons (Fsp3) is 0.448. The van der Waals surface area contributed by atoms with Crippen LogP contribution < -0.4 is 32.2 Å². The molecule has 2 heterocycles. The number of benzene rings is 1. The highest BCUT2D eigenvalue weighted by atomic mass is 32.1. The maximum absolute atomic E-state index is 13.2.